The molecule has 0 unspecified atom stereocenters. The van der Waals surface area contributed by atoms with E-state index in [1.165, 1.54) is 6.07 Å². The molecule has 0 aliphatic rings. The Balaban J connectivity index is 2.28. The minimum absolute atomic E-state index is 0.0533. The SMILES string of the molecule is Cc1cc(NC(=O)c2ccc(Br)cc2O)cc(C)c1Br. The summed E-state index contributed by atoms with van der Waals surface area (Å²) in [4.78, 5) is 12.2. The fraction of sp³-hybridized carbons (Fsp3) is 0.133. The third kappa shape index (κ3) is 3.22. The van der Waals surface area contributed by atoms with E-state index >= 15 is 0 Å². The number of halogens is 2. The van der Waals surface area contributed by atoms with Crippen LogP contribution in [-0.2, 0) is 0 Å². The average molecular weight is 399 g/mol. The van der Waals surface area contributed by atoms with Crippen molar-refractivity contribution in [1.82, 2.24) is 0 Å². The second-order valence-electron chi connectivity index (χ2n) is 4.54. The fourth-order valence-electron chi connectivity index (χ4n) is 1.91. The van der Waals surface area contributed by atoms with Crippen LogP contribution >= 0.6 is 31.9 Å². The van der Waals surface area contributed by atoms with Crippen LogP contribution in [0.3, 0.4) is 0 Å². The second kappa shape index (κ2) is 5.97. The lowest BCUT2D eigenvalue weighted by Gasteiger charge is -2.10. The Labute approximate surface area is 134 Å². The van der Waals surface area contributed by atoms with Gasteiger partial charge in [0, 0.05) is 14.6 Å². The Bertz CT molecular complexity index is 661. The maximum Gasteiger partial charge on any atom is 0.259 e. The first-order valence-corrected chi connectivity index (χ1v) is 7.53. The van der Waals surface area contributed by atoms with Gasteiger partial charge in [0.05, 0.1) is 5.56 Å². The number of phenolic OH excluding ortho intramolecular Hbond substituents is 1. The largest absolute Gasteiger partial charge is 0.507 e. The minimum Gasteiger partial charge on any atom is -0.507 e. The minimum atomic E-state index is -0.337. The van der Waals surface area contributed by atoms with E-state index in [4.69, 9.17) is 0 Å². The third-order valence-electron chi connectivity index (χ3n) is 2.90. The van der Waals surface area contributed by atoms with Crippen LogP contribution in [0.15, 0.2) is 39.3 Å². The first kappa shape index (κ1) is 15.1. The van der Waals surface area contributed by atoms with Gasteiger partial charge in [0.25, 0.3) is 5.91 Å². The van der Waals surface area contributed by atoms with Gasteiger partial charge >= 0.3 is 0 Å². The van der Waals surface area contributed by atoms with Crippen LogP contribution in [0.4, 0.5) is 5.69 Å². The molecule has 2 aromatic carbocycles. The van der Waals surface area contributed by atoms with Gasteiger partial charge in [-0.15, -0.1) is 0 Å². The molecule has 2 aromatic rings. The Morgan fingerprint density at radius 3 is 2.25 bits per heavy atom. The molecule has 2 rings (SSSR count). The smallest absolute Gasteiger partial charge is 0.259 e. The molecule has 3 nitrogen and oxygen atoms in total. The van der Waals surface area contributed by atoms with Crippen molar-refractivity contribution in [2.75, 3.05) is 5.32 Å². The molecule has 2 N–H and O–H groups in total. The van der Waals surface area contributed by atoms with Crippen molar-refractivity contribution < 1.29 is 9.90 Å². The van der Waals surface area contributed by atoms with Crippen molar-refractivity contribution in [3.8, 4) is 5.75 Å². The zero-order valence-corrected chi connectivity index (χ0v) is 14.2. The summed E-state index contributed by atoms with van der Waals surface area (Å²) < 4.78 is 1.75. The van der Waals surface area contributed by atoms with Crippen LogP contribution < -0.4 is 5.32 Å². The number of phenols is 1. The van der Waals surface area contributed by atoms with Crippen LogP contribution in [0.5, 0.6) is 5.75 Å². The molecule has 5 heteroatoms. The Kier molecular flexibility index (Phi) is 4.50. The van der Waals surface area contributed by atoms with Crippen molar-refractivity contribution in [2.45, 2.75) is 13.8 Å². The molecule has 1 amide bonds. The van der Waals surface area contributed by atoms with Crippen molar-refractivity contribution in [3.05, 3.63) is 56.0 Å². The molecular formula is C15H13Br2NO2. The molecule has 104 valence electrons. The standard InChI is InChI=1S/C15H13Br2NO2/c1-8-5-11(6-9(2)14(8)17)18-15(20)12-4-3-10(16)7-13(12)19/h3-7,19H,1-2H3,(H,18,20). The lowest BCUT2D eigenvalue weighted by Crippen LogP contribution is -2.12. The number of rotatable bonds is 2. The van der Waals surface area contributed by atoms with Gasteiger partial charge in [-0.05, 0) is 55.3 Å². The van der Waals surface area contributed by atoms with Crippen molar-refractivity contribution in [3.63, 3.8) is 0 Å². The summed E-state index contributed by atoms with van der Waals surface area (Å²) >= 11 is 6.73. The molecule has 0 saturated carbocycles. The first-order chi connectivity index (χ1) is 9.38. The molecule has 0 bridgehead atoms. The number of aromatic hydroxyl groups is 1. The average Bonchev–Trinajstić information content (AvgIpc) is 2.35. The van der Waals surface area contributed by atoms with Crippen LogP contribution in [-0.4, -0.2) is 11.0 Å². The number of hydrogen-bond acceptors (Lipinski definition) is 2. The topological polar surface area (TPSA) is 49.3 Å². The zero-order valence-electron chi connectivity index (χ0n) is 11.0. The number of carbonyl (C=O) groups excluding carboxylic acids is 1. The van der Waals surface area contributed by atoms with Gasteiger partial charge in [0.15, 0.2) is 0 Å². The summed E-state index contributed by atoms with van der Waals surface area (Å²) in [7, 11) is 0. The van der Waals surface area contributed by atoms with Gasteiger partial charge in [0.2, 0.25) is 0 Å². The van der Waals surface area contributed by atoms with Gasteiger partial charge in [0.1, 0.15) is 5.75 Å². The molecule has 0 fully saturated rings. The van der Waals surface area contributed by atoms with Crippen molar-refractivity contribution in [1.29, 1.82) is 0 Å². The lowest BCUT2D eigenvalue weighted by atomic mass is 10.1. The molecule has 0 heterocycles. The van der Waals surface area contributed by atoms with Crippen LogP contribution in [0, 0.1) is 13.8 Å². The number of amides is 1. The van der Waals surface area contributed by atoms with E-state index in [0.717, 1.165) is 20.1 Å². The number of hydrogen-bond donors (Lipinski definition) is 2. The molecule has 0 aliphatic heterocycles. The van der Waals surface area contributed by atoms with Crippen LogP contribution in [0.25, 0.3) is 0 Å². The summed E-state index contributed by atoms with van der Waals surface area (Å²) in [6.07, 6.45) is 0. The molecule has 0 aliphatic carbocycles. The Hall–Kier alpha value is -1.33. The van der Waals surface area contributed by atoms with Gasteiger partial charge < -0.3 is 10.4 Å². The van der Waals surface area contributed by atoms with Crippen LogP contribution in [0.2, 0.25) is 0 Å². The zero-order chi connectivity index (χ0) is 14.9. The summed E-state index contributed by atoms with van der Waals surface area (Å²) in [5, 5.41) is 12.6. The summed E-state index contributed by atoms with van der Waals surface area (Å²) in [5.41, 5.74) is 3.03. The monoisotopic (exact) mass is 397 g/mol. The highest BCUT2D eigenvalue weighted by Gasteiger charge is 2.12. The highest BCUT2D eigenvalue weighted by atomic mass is 79.9. The lowest BCUT2D eigenvalue weighted by molar-refractivity contribution is 0.102. The highest BCUT2D eigenvalue weighted by Crippen LogP contribution is 2.27. The van der Waals surface area contributed by atoms with E-state index in [0.29, 0.717) is 5.69 Å². The number of aryl methyl sites for hydroxylation is 2. The van der Waals surface area contributed by atoms with Gasteiger partial charge in [-0.2, -0.15) is 0 Å². The highest BCUT2D eigenvalue weighted by molar-refractivity contribution is 9.10. The molecule has 0 atom stereocenters. The first-order valence-electron chi connectivity index (χ1n) is 5.95. The Morgan fingerprint density at radius 1 is 1.10 bits per heavy atom. The van der Waals surface area contributed by atoms with E-state index < -0.39 is 0 Å². The number of nitrogens with one attached hydrogen (secondary N) is 1. The number of benzene rings is 2. The maximum atomic E-state index is 12.2. The number of anilines is 1. The van der Waals surface area contributed by atoms with E-state index in [-0.39, 0.29) is 17.2 Å². The summed E-state index contributed by atoms with van der Waals surface area (Å²) in [6.45, 7) is 3.92. The van der Waals surface area contributed by atoms with E-state index in [1.54, 1.807) is 12.1 Å². The molecule has 0 aromatic heterocycles. The third-order valence-corrected chi connectivity index (χ3v) is 4.64. The number of carbonyl (C=O) groups is 1. The maximum absolute atomic E-state index is 12.2. The summed E-state index contributed by atoms with van der Waals surface area (Å²) in [6, 6.07) is 8.54. The predicted octanol–water partition coefficient (Wildman–Crippen LogP) is 4.79. The molecule has 0 saturated heterocycles. The van der Waals surface area contributed by atoms with Gasteiger partial charge in [-0.3, -0.25) is 4.79 Å². The van der Waals surface area contributed by atoms with Crippen molar-refractivity contribution in [2.24, 2.45) is 0 Å². The normalized spacial score (nSPS) is 10.4. The van der Waals surface area contributed by atoms with E-state index in [2.05, 4.69) is 37.2 Å². The summed E-state index contributed by atoms with van der Waals surface area (Å²) in [5.74, 6) is -0.390. The quantitative estimate of drug-likeness (QED) is 0.764. The molecule has 20 heavy (non-hydrogen) atoms. The van der Waals surface area contributed by atoms with E-state index in [1.807, 2.05) is 26.0 Å². The molecule has 0 spiro atoms. The predicted molar refractivity (Wildman–Crippen MR) is 87.4 cm³/mol. The van der Waals surface area contributed by atoms with Crippen LogP contribution in [0.1, 0.15) is 21.5 Å². The van der Waals surface area contributed by atoms with E-state index in [9.17, 15) is 9.90 Å². The second-order valence-corrected chi connectivity index (χ2v) is 6.25. The van der Waals surface area contributed by atoms with Gasteiger partial charge in [-0.1, -0.05) is 31.9 Å². The van der Waals surface area contributed by atoms with Crippen molar-refractivity contribution >= 4 is 43.5 Å². The fourth-order valence-corrected chi connectivity index (χ4v) is 2.49. The van der Waals surface area contributed by atoms with Gasteiger partial charge in [-0.25, -0.2) is 0 Å². The molecular weight excluding hydrogens is 386 g/mol. The molecule has 0 radical (unpaired) electrons. The Morgan fingerprint density at radius 2 is 1.70 bits per heavy atom.